The summed E-state index contributed by atoms with van der Waals surface area (Å²) in [5, 5.41) is 9.42. The van der Waals surface area contributed by atoms with Crippen molar-refractivity contribution >= 4 is 32.9 Å². The largest absolute Gasteiger partial charge is 0.481 e. The van der Waals surface area contributed by atoms with Crippen LogP contribution in [0.15, 0.2) is 22.9 Å². The number of rotatable bonds is 6. The number of carboxylic acid groups (broad SMARTS) is 1. The fourth-order valence-electron chi connectivity index (χ4n) is 1.84. The minimum atomic E-state index is -1.36. The number of aromatic nitrogens is 1. The molecule has 0 aliphatic carbocycles. The van der Waals surface area contributed by atoms with E-state index in [0.717, 1.165) is 5.56 Å². The van der Waals surface area contributed by atoms with Gasteiger partial charge in [-0.2, -0.15) is 0 Å². The molecule has 3 atom stereocenters. The highest BCUT2D eigenvalue weighted by Gasteiger charge is 2.32. The first-order chi connectivity index (χ1) is 9.66. The van der Waals surface area contributed by atoms with Crippen molar-refractivity contribution in [3.8, 4) is 0 Å². The van der Waals surface area contributed by atoms with Crippen LogP contribution in [0, 0.1) is 5.92 Å². The average Bonchev–Trinajstić information content (AvgIpc) is 2.36. The molecular weight excluding hydrogens is 356 g/mol. The minimum Gasteiger partial charge on any atom is -0.481 e. The monoisotopic (exact) mass is 376 g/mol. The summed E-state index contributed by atoms with van der Waals surface area (Å²) in [5.74, 6) is -1.57. The number of aliphatic carboxylic acids is 1. The number of hydrogen-bond acceptors (Lipinski definition) is 3. The summed E-state index contributed by atoms with van der Waals surface area (Å²) in [4.78, 5) is 15.5. The molecule has 5 nitrogen and oxygen atoms in total. The Bertz CT molecular complexity index is 531. The van der Waals surface area contributed by atoms with Crippen LogP contribution in [0.1, 0.15) is 45.7 Å². The standard InChI is InChI=1S/C14H21BrN2O3S/c1-5-10(13(18)19)12(17-21(20)14(2,3)4)9-6-7-16-11(15)8-9/h6-8,10,12,17H,5H2,1-4H3,(H,18,19)/t10-,12?,21+/m0/s1. The maximum Gasteiger partial charge on any atom is 0.308 e. The molecule has 0 aliphatic heterocycles. The zero-order valence-electron chi connectivity index (χ0n) is 12.6. The molecule has 1 unspecified atom stereocenters. The van der Waals surface area contributed by atoms with Crippen molar-refractivity contribution < 1.29 is 14.1 Å². The van der Waals surface area contributed by atoms with Gasteiger partial charge < -0.3 is 5.11 Å². The van der Waals surface area contributed by atoms with Gasteiger partial charge in [0.15, 0.2) is 0 Å². The van der Waals surface area contributed by atoms with E-state index in [0.29, 0.717) is 11.0 Å². The highest BCUT2D eigenvalue weighted by molar-refractivity contribution is 9.10. The maximum atomic E-state index is 12.4. The molecule has 2 N–H and O–H groups in total. The molecule has 118 valence electrons. The Morgan fingerprint density at radius 2 is 2.14 bits per heavy atom. The van der Waals surface area contributed by atoms with Gasteiger partial charge in [0.1, 0.15) is 4.60 Å². The summed E-state index contributed by atoms with van der Waals surface area (Å²) >= 11 is 3.28. The van der Waals surface area contributed by atoms with E-state index in [1.165, 1.54) is 0 Å². The fourth-order valence-corrected chi connectivity index (χ4v) is 3.11. The number of nitrogens with one attached hydrogen (secondary N) is 1. The quantitative estimate of drug-likeness (QED) is 0.747. The van der Waals surface area contributed by atoms with Crippen molar-refractivity contribution in [2.45, 2.75) is 44.9 Å². The van der Waals surface area contributed by atoms with Crippen LogP contribution < -0.4 is 4.72 Å². The van der Waals surface area contributed by atoms with Crippen molar-refractivity contribution in [1.29, 1.82) is 0 Å². The lowest BCUT2D eigenvalue weighted by atomic mass is 9.92. The van der Waals surface area contributed by atoms with Crippen molar-refractivity contribution in [3.05, 3.63) is 28.5 Å². The van der Waals surface area contributed by atoms with Gasteiger partial charge in [0, 0.05) is 6.20 Å². The molecule has 21 heavy (non-hydrogen) atoms. The molecule has 0 saturated carbocycles. The molecule has 1 aromatic heterocycles. The lowest BCUT2D eigenvalue weighted by Gasteiger charge is -2.28. The van der Waals surface area contributed by atoms with Gasteiger partial charge in [-0.25, -0.2) is 13.9 Å². The molecule has 7 heteroatoms. The summed E-state index contributed by atoms with van der Waals surface area (Å²) in [6.45, 7) is 7.34. The first kappa shape index (κ1) is 18.3. The van der Waals surface area contributed by atoms with E-state index in [-0.39, 0.29) is 0 Å². The molecule has 0 radical (unpaired) electrons. The van der Waals surface area contributed by atoms with Gasteiger partial charge in [-0.1, -0.05) is 6.92 Å². The second-order valence-corrected chi connectivity index (χ2v) is 8.55. The van der Waals surface area contributed by atoms with Gasteiger partial charge in [0.05, 0.1) is 27.7 Å². The summed E-state index contributed by atoms with van der Waals surface area (Å²) in [5.41, 5.74) is 0.753. The smallest absolute Gasteiger partial charge is 0.308 e. The second-order valence-electron chi connectivity index (χ2n) is 5.74. The van der Waals surface area contributed by atoms with Crippen LogP contribution in [-0.2, 0) is 15.8 Å². The Kier molecular flexibility index (Phi) is 6.49. The Hall–Kier alpha value is -0.790. The van der Waals surface area contributed by atoms with Crippen LogP contribution in [0.25, 0.3) is 0 Å². The third-order valence-corrected chi connectivity index (χ3v) is 5.07. The van der Waals surface area contributed by atoms with Crippen molar-refractivity contribution in [1.82, 2.24) is 9.71 Å². The Morgan fingerprint density at radius 1 is 1.52 bits per heavy atom. The summed E-state index contributed by atoms with van der Waals surface area (Å²) in [7, 11) is -1.36. The van der Waals surface area contributed by atoms with E-state index in [9.17, 15) is 14.1 Å². The summed E-state index contributed by atoms with van der Waals surface area (Å²) in [6.07, 6.45) is 2.04. The molecule has 0 saturated heterocycles. The first-order valence-electron chi connectivity index (χ1n) is 6.69. The van der Waals surface area contributed by atoms with E-state index in [4.69, 9.17) is 0 Å². The molecule has 0 bridgehead atoms. The molecule has 1 aromatic rings. The highest BCUT2D eigenvalue weighted by Crippen LogP contribution is 2.28. The molecule has 0 fully saturated rings. The lowest BCUT2D eigenvalue weighted by molar-refractivity contribution is -0.142. The molecule has 0 aliphatic rings. The van der Waals surface area contributed by atoms with Gasteiger partial charge in [0.25, 0.3) is 0 Å². The third-order valence-electron chi connectivity index (χ3n) is 3.06. The molecule has 0 amide bonds. The van der Waals surface area contributed by atoms with Crippen LogP contribution >= 0.6 is 15.9 Å². The van der Waals surface area contributed by atoms with Crippen molar-refractivity contribution in [3.63, 3.8) is 0 Å². The molecule has 1 rings (SSSR count). The van der Waals surface area contributed by atoms with E-state index in [2.05, 4.69) is 25.6 Å². The zero-order valence-corrected chi connectivity index (χ0v) is 15.0. The maximum absolute atomic E-state index is 12.4. The first-order valence-corrected chi connectivity index (χ1v) is 8.63. The molecule has 1 heterocycles. The van der Waals surface area contributed by atoms with Gasteiger partial charge in [-0.15, -0.1) is 0 Å². The topological polar surface area (TPSA) is 79.3 Å². The van der Waals surface area contributed by atoms with E-state index >= 15 is 0 Å². The number of pyridine rings is 1. The third kappa shape index (κ3) is 5.16. The fraction of sp³-hybridized carbons (Fsp3) is 0.571. The van der Waals surface area contributed by atoms with Crippen LogP contribution in [-0.4, -0.2) is 25.0 Å². The predicted octanol–water partition coefficient (Wildman–Crippen LogP) is 3.05. The van der Waals surface area contributed by atoms with E-state index in [1.54, 1.807) is 18.3 Å². The van der Waals surface area contributed by atoms with Crippen LogP contribution in [0.3, 0.4) is 0 Å². The van der Waals surface area contributed by atoms with E-state index < -0.39 is 33.7 Å². The van der Waals surface area contributed by atoms with Crippen LogP contribution in [0.4, 0.5) is 0 Å². The SMILES string of the molecule is CC[C@H](C(=O)O)C(N[S@](=O)C(C)(C)C)c1ccnc(Br)c1. The van der Waals surface area contributed by atoms with Gasteiger partial charge in [-0.3, -0.25) is 4.79 Å². The summed E-state index contributed by atoms with van der Waals surface area (Å²) < 4.78 is 15.5. The Morgan fingerprint density at radius 3 is 2.57 bits per heavy atom. The molecule has 0 spiro atoms. The van der Waals surface area contributed by atoms with Crippen molar-refractivity contribution in [2.24, 2.45) is 5.92 Å². The highest BCUT2D eigenvalue weighted by atomic mass is 79.9. The number of carboxylic acids is 1. The van der Waals surface area contributed by atoms with Gasteiger partial charge in [0.2, 0.25) is 0 Å². The van der Waals surface area contributed by atoms with E-state index in [1.807, 2.05) is 27.7 Å². The molecular formula is C14H21BrN2O3S. The number of carbonyl (C=O) groups is 1. The zero-order chi connectivity index (χ0) is 16.2. The predicted molar refractivity (Wildman–Crippen MR) is 87.1 cm³/mol. The van der Waals surface area contributed by atoms with Gasteiger partial charge in [-0.05, 0) is 60.8 Å². The Labute approximate surface area is 136 Å². The van der Waals surface area contributed by atoms with Gasteiger partial charge >= 0.3 is 5.97 Å². The summed E-state index contributed by atoms with van der Waals surface area (Å²) in [6, 6.07) is 2.96. The second kappa shape index (κ2) is 7.47. The average molecular weight is 377 g/mol. The van der Waals surface area contributed by atoms with Crippen molar-refractivity contribution in [2.75, 3.05) is 0 Å². The normalized spacial score (nSPS) is 16.2. The minimum absolute atomic E-state index is 0.439. The lowest BCUT2D eigenvalue weighted by Crippen LogP contribution is -2.40. The van der Waals surface area contributed by atoms with Crippen LogP contribution in [0.2, 0.25) is 0 Å². The Balaban J connectivity index is 3.17. The van der Waals surface area contributed by atoms with Crippen LogP contribution in [0.5, 0.6) is 0 Å². The number of nitrogens with zero attached hydrogens (tertiary/aromatic N) is 1. The number of hydrogen-bond donors (Lipinski definition) is 2. The number of halogens is 1. The molecule has 0 aromatic carbocycles.